The highest BCUT2D eigenvalue weighted by molar-refractivity contribution is 5.80. The van der Waals surface area contributed by atoms with Gasteiger partial charge in [-0.15, -0.1) is 0 Å². The predicted octanol–water partition coefficient (Wildman–Crippen LogP) is -1.30. The van der Waals surface area contributed by atoms with E-state index in [0.29, 0.717) is 6.54 Å². The fraction of sp³-hybridized carbons (Fsp3) is 0.900. The van der Waals surface area contributed by atoms with Gasteiger partial charge < -0.3 is 16.0 Å². The van der Waals surface area contributed by atoms with Gasteiger partial charge in [0, 0.05) is 39.3 Å². The van der Waals surface area contributed by atoms with E-state index in [1.807, 2.05) is 0 Å². The van der Waals surface area contributed by atoms with Crippen molar-refractivity contribution in [2.45, 2.75) is 13.0 Å². The molecule has 5 nitrogen and oxygen atoms in total. The van der Waals surface area contributed by atoms with Gasteiger partial charge in [-0.3, -0.25) is 9.69 Å². The number of nitrogens with zero attached hydrogens (tertiary/aromatic N) is 2. The minimum absolute atomic E-state index is 0.0656. The molecule has 3 N–H and O–H groups in total. The maximum absolute atomic E-state index is 11.2. The monoisotopic (exact) mass is 214 g/mol. The lowest BCUT2D eigenvalue weighted by molar-refractivity contribution is -0.122. The number of nitrogens with two attached hydrogens (primary N) is 1. The summed E-state index contributed by atoms with van der Waals surface area (Å²) in [5.74, 6) is -0.0656. The third-order valence-corrected chi connectivity index (χ3v) is 2.74. The van der Waals surface area contributed by atoms with Gasteiger partial charge in [-0.25, -0.2) is 0 Å². The van der Waals surface area contributed by atoms with Gasteiger partial charge in [-0.2, -0.15) is 0 Å². The lowest BCUT2D eigenvalue weighted by Gasteiger charge is -2.32. The third kappa shape index (κ3) is 4.59. The average Bonchev–Trinajstić information content (AvgIpc) is 2.20. The second-order valence-electron chi connectivity index (χ2n) is 4.22. The Bertz CT molecular complexity index is 200. The highest BCUT2D eigenvalue weighted by atomic mass is 16.2. The van der Waals surface area contributed by atoms with Gasteiger partial charge in [-0.1, -0.05) is 0 Å². The van der Waals surface area contributed by atoms with Crippen molar-refractivity contribution in [3.8, 4) is 0 Å². The van der Waals surface area contributed by atoms with Crippen LogP contribution in [0.2, 0.25) is 0 Å². The van der Waals surface area contributed by atoms with E-state index in [1.165, 1.54) is 0 Å². The molecule has 1 aliphatic heterocycles. The van der Waals surface area contributed by atoms with Crippen molar-refractivity contribution in [3.63, 3.8) is 0 Å². The first-order valence-electron chi connectivity index (χ1n) is 5.54. The van der Waals surface area contributed by atoms with E-state index in [1.54, 1.807) is 6.92 Å². The van der Waals surface area contributed by atoms with Crippen molar-refractivity contribution in [1.82, 2.24) is 15.1 Å². The van der Waals surface area contributed by atoms with Crippen LogP contribution in [0.5, 0.6) is 0 Å². The third-order valence-electron chi connectivity index (χ3n) is 2.74. The standard InChI is InChI=1S/C10H22N4O/c1-9(11)10(15)12-3-4-14-7-5-13(2)6-8-14/h9H,3-8,11H2,1-2H3,(H,12,15)/t9-/m0/s1. The summed E-state index contributed by atoms with van der Waals surface area (Å²) in [5.41, 5.74) is 5.44. The number of nitrogens with one attached hydrogen (secondary N) is 1. The smallest absolute Gasteiger partial charge is 0.236 e. The summed E-state index contributed by atoms with van der Waals surface area (Å²) >= 11 is 0. The van der Waals surface area contributed by atoms with Crippen LogP contribution in [-0.4, -0.2) is 68.1 Å². The van der Waals surface area contributed by atoms with Crippen molar-refractivity contribution in [3.05, 3.63) is 0 Å². The zero-order chi connectivity index (χ0) is 11.3. The number of piperazine rings is 1. The van der Waals surface area contributed by atoms with Crippen LogP contribution in [0.4, 0.5) is 0 Å². The second-order valence-corrected chi connectivity index (χ2v) is 4.22. The molecule has 0 radical (unpaired) electrons. The number of carbonyl (C=O) groups is 1. The largest absolute Gasteiger partial charge is 0.353 e. The van der Waals surface area contributed by atoms with Crippen LogP contribution >= 0.6 is 0 Å². The molecule has 1 aliphatic rings. The minimum atomic E-state index is -0.405. The molecule has 1 heterocycles. The maximum atomic E-state index is 11.2. The molecule has 0 spiro atoms. The van der Waals surface area contributed by atoms with Crippen LogP contribution in [-0.2, 0) is 4.79 Å². The molecule has 5 heteroatoms. The lowest BCUT2D eigenvalue weighted by atomic mass is 10.3. The van der Waals surface area contributed by atoms with E-state index in [4.69, 9.17) is 5.73 Å². The van der Waals surface area contributed by atoms with Gasteiger partial charge in [0.15, 0.2) is 0 Å². The number of amides is 1. The van der Waals surface area contributed by atoms with Gasteiger partial charge in [0.1, 0.15) is 0 Å². The van der Waals surface area contributed by atoms with E-state index in [9.17, 15) is 4.79 Å². The first kappa shape index (κ1) is 12.4. The van der Waals surface area contributed by atoms with E-state index in [0.717, 1.165) is 32.7 Å². The number of likely N-dealkylation sites (N-methyl/N-ethyl adjacent to an activating group) is 1. The van der Waals surface area contributed by atoms with Crippen LogP contribution in [0, 0.1) is 0 Å². The Morgan fingerprint density at radius 2 is 2.00 bits per heavy atom. The summed E-state index contributed by atoms with van der Waals surface area (Å²) in [5, 5.41) is 2.82. The van der Waals surface area contributed by atoms with E-state index >= 15 is 0 Å². The Balaban J connectivity index is 2.08. The predicted molar refractivity (Wildman–Crippen MR) is 60.6 cm³/mol. The highest BCUT2D eigenvalue weighted by Gasteiger charge is 2.13. The minimum Gasteiger partial charge on any atom is -0.353 e. The van der Waals surface area contributed by atoms with Crippen LogP contribution in [0.15, 0.2) is 0 Å². The Morgan fingerprint density at radius 1 is 1.40 bits per heavy atom. The topological polar surface area (TPSA) is 61.6 Å². The summed E-state index contributed by atoms with van der Waals surface area (Å²) in [6, 6.07) is -0.405. The van der Waals surface area contributed by atoms with Crippen LogP contribution in [0.25, 0.3) is 0 Å². The van der Waals surface area contributed by atoms with Crippen molar-refractivity contribution in [2.75, 3.05) is 46.3 Å². The number of hydrogen-bond acceptors (Lipinski definition) is 4. The van der Waals surface area contributed by atoms with Gasteiger partial charge in [0.25, 0.3) is 0 Å². The Kier molecular flexibility index (Phi) is 5.01. The van der Waals surface area contributed by atoms with Crippen molar-refractivity contribution < 1.29 is 4.79 Å². The fourth-order valence-corrected chi connectivity index (χ4v) is 1.57. The second kappa shape index (κ2) is 6.05. The van der Waals surface area contributed by atoms with Gasteiger partial charge in [-0.05, 0) is 14.0 Å². The van der Waals surface area contributed by atoms with Crippen LogP contribution in [0.1, 0.15) is 6.92 Å². The van der Waals surface area contributed by atoms with E-state index in [2.05, 4.69) is 22.2 Å². The average molecular weight is 214 g/mol. The zero-order valence-electron chi connectivity index (χ0n) is 9.70. The quantitative estimate of drug-likeness (QED) is 0.610. The first-order chi connectivity index (χ1) is 7.09. The molecule has 0 saturated carbocycles. The molecule has 88 valence electrons. The molecule has 1 fully saturated rings. The normalized spacial score (nSPS) is 21.3. The molecule has 1 saturated heterocycles. The highest BCUT2D eigenvalue weighted by Crippen LogP contribution is 1.97. The Hall–Kier alpha value is -0.650. The molecule has 0 unspecified atom stereocenters. The summed E-state index contributed by atoms with van der Waals surface area (Å²) in [7, 11) is 2.13. The van der Waals surface area contributed by atoms with Crippen molar-refractivity contribution in [2.24, 2.45) is 5.73 Å². The van der Waals surface area contributed by atoms with E-state index < -0.39 is 6.04 Å². The SMILES string of the molecule is C[C@H](N)C(=O)NCCN1CCN(C)CC1. The Labute approximate surface area is 91.6 Å². The first-order valence-corrected chi connectivity index (χ1v) is 5.54. The fourth-order valence-electron chi connectivity index (χ4n) is 1.57. The zero-order valence-corrected chi connectivity index (χ0v) is 9.70. The van der Waals surface area contributed by atoms with Gasteiger partial charge in [0.05, 0.1) is 6.04 Å². The molecule has 0 aromatic carbocycles. The van der Waals surface area contributed by atoms with Gasteiger partial charge >= 0.3 is 0 Å². The maximum Gasteiger partial charge on any atom is 0.236 e. The van der Waals surface area contributed by atoms with Crippen LogP contribution in [0.3, 0.4) is 0 Å². The molecule has 0 aromatic heterocycles. The van der Waals surface area contributed by atoms with Crippen molar-refractivity contribution >= 4 is 5.91 Å². The molecule has 0 aliphatic carbocycles. The number of hydrogen-bond donors (Lipinski definition) is 2. The summed E-state index contributed by atoms with van der Waals surface area (Å²) < 4.78 is 0. The molecule has 15 heavy (non-hydrogen) atoms. The summed E-state index contributed by atoms with van der Waals surface area (Å²) in [6.07, 6.45) is 0. The van der Waals surface area contributed by atoms with E-state index in [-0.39, 0.29) is 5.91 Å². The Morgan fingerprint density at radius 3 is 2.53 bits per heavy atom. The molecular weight excluding hydrogens is 192 g/mol. The molecule has 1 amide bonds. The molecule has 0 bridgehead atoms. The molecule has 0 aromatic rings. The van der Waals surface area contributed by atoms with Crippen molar-refractivity contribution in [1.29, 1.82) is 0 Å². The van der Waals surface area contributed by atoms with Gasteiger partial charge in [0.2, 0.25) is 5.91 Å². The molecular formula is C10H22N4O. The number of carbonyl (C=O) groups excluding carboxylic acids is 1. The van der Waals surface area contributed by atoms with Crippen LogP contribution < -0.4 is 11.1 Å². The number of rotatable bonds is 4. The summed E-state index contributed by atoms with van der Waals surface area (Å²) in [6.45, 7) is 7.72. The molecule has 1 atom stereocenters. The lowest BCUT2D eigenvalue weighted by Crippen LogP contribution is -2.48. The molecule has 1 rings (SSSR count). The summed E-state index contributed by atoms with van der Waals surface area (Å²) in [4.78, 5) is 15.9.